The Kier molecular flexibility index (Phi) is 2.91. The minimum atomic E-state index is -1.56. The van der Waals surface area contributed by atoms with Gasteiger partial charge in [-0.3, -0.25) is 10.1 Å². The molecule has 0 atom stereocenters. The van der Waals surface area contributed by atoms with Crippen molar-refractivity contribution in [1.82, 2.24) is 10.2 Å². The molecule has 0 spiro atoms. The van der Waals surface area contributed by atoms with Crippen LogP contribution < -0.4 is 0 Å². The van der Waals surface area contributed by atoms with Crippen LogP contribution in [-0.4, -0.2) is 26.2 Å². The fourth-order valence-corrected chi connectivity index (χ4v) is 1.28. The highest BCUT2D eigenvalue weighted by Crippen LogP contribution is 2.29. The number of nitro benzene ring substituents is 1. The summed E-state index contributed by atoms with van der Waals surface area (Å²) in [7, 11) is 0. The van der Waals surface area contributed by atoms with E-state index in [2.05, 4.69) is 14.6 Å². The number of hydrogen-bond acceptors (Lipinski definition) is 6. The Bertz CT molecular complexity index is 684. The van der Waals surface area contributed by atoms with Crippen LogP contribution in [0.1, 0.15) is 10.7 Å². The second-order valence-electron chi connectivity index (χ2n) is 3.26. The highest BCUT2D eigenvalue weighted by molar-refractivity contribution is 5.82. The van der Waals surface area contributed by atoms with Crippen LogP contribution in [-0.2, 0) is 0 Å². The minimum absolute atomic E-state index is 0.382. The van der Waals surface area contributed by atoms with Crippen molar-refractivity contribution >= 4 is 11.7 Å². The third kappa shape index (κ3) is 2.22. The first-order valence-corrected chi connectivity index (χ1v) is 4.60. The molecular formula is C9H3F2N3O5. The van der Waals surface area contributed by atoms with Gasteiger partial charge in [0, 0.05) is 0 Å². The number of carbonyl (C=O) groups is 1. The fraction of sp³-hybridized carbons (Fsp3) is 0. The molecule has 1 aromatic carbocycles. The number of carboxylic acids is 1. The van der Waals surface area contributed by atoms with Crippen molar-refractivity contribution < 1.29 is 28.0 Å². The van der Waals surface area contributed by atoms with Gasteiger partial charge in [0.05, 0.1) is 16.6 Å². The average molecular weight is 271 g/mol. The fourth-order valence-electron chi connectivity index (χ4n) is 1.28. The van der Waals surface area contributed by atoms with E-state index in [4.69, 9.17) is 5.11 Å². The van der Waals surface area contributed by atoms with Crippen molar-refractivity contribution in [3.8, 4) is 11.5 Å². The maximum atomic E-state index is 13.7. The van der Waals surface area contributed by atoms with E-state index in [1.807, 2.05) is 0 Å². The van der Waals surface area contributed by atoms with E-state index in [1.54, 1.807) is 0 Å². The Morgan fingerprint density at radius 1 is 1.37 bits per heavy atom. The molecule has 0 aliphatic carbocycles. The minimum Gasteiger partial charge on any atom is -0.474 e. The molecule has 0 saturated carbocycles. The summed E-state index contributed by atoms with van der Waals surface area (Å²) >= 11 is 0. The molecule has 0 saturated heterocycles. The molecule has 0 aliphatic rings. The van der Waals surface area contributed by atoms with E-state index >= 15 is 0 Å². The van der Waals surface area contributed by atoms with Gasteiger partial charge in [-0.25, -0.2) is 9.18 Å². The number of benzene rings is 1. The maximum absolute atomic E-state index is 13.7. The van der Waals surface area contributed by atoms with E-state index in [9.17, 15) is 23.7 Å². The molecule has 19 heavy (non-hydrogen) atoms. The largest absolute Gasteiger partial charge is 0.474 e. The molecular weight excluding hydrogens is 268 g/mol. The lowest BCUT2D eigenvalue weighted by Crippen LogP contribution is -1.97. The molecule has 8 nitrogen and oxygen atoms in total. The smallest absolute Gasteiger partial charge is 0.393 e. The lowest BCUT2D eigenvalue weighted by Gasteiger charge is -1.99. The van der Waals surface area contributed by atoms with Crippen LogP contribution in [0.3, 0.4) is 0 Å². The van der Waals surface area contributed by atoms with Crippen LogP contribution in [0.2, 0.25) is 0 Å². The van der Waals surface area contributed by atoms with Crippen molar-refractivity contribution in [3.05, 3.63) is 39.8 Å². The first-order chi connectivity index (χ1) is 8.90. The van der Waals surface area contributed by atoms with Gasteiger partial charge in [0.15, 0.2) is 0 Å². The van der Waals surface area contributed by atoms with Gasteiger partial charge in [-0.15, -0.1) is 10.2 Å². The monoisotopic (exact) mass is 271 g/mol. The topological polar surface area (TPSA) is 119 Å². The molecule has 1 aromatic heterocycles. The summed E-state index contributed by atoms with van der Waals surface area (Å²) in [6, 6.07) is 0.967. The Morgan fingerprint density at radius 3 is 2.58 bits per heavy atom. The quantitative estimate of drug-likeness (QED) is 0.665. The van der Waals surface area contributed by atoms with Crippen LogP contribution in [0.5, 0.6) is 0 Å². The average Bonchev–Trinajstić information content (AvgIpc) is 2.80. The zero-order valence-corrected chi connectivity index (χ0v) is 8.83. The molecule has 2 rings (SSSR count). The molecule has 1 heterocycles. The third-order valence-electron chi connectivity index (χ3n) is 2.05. The normalized spacial score (nSPS) is 10.4. The van der Waals surface area contributed by atoms with Crippen molar-refractivity contribution in [2.24, 2.45) is 0 Å². The van der Waals surface area contributed by atoms with Gasteiger partial charge in [-0.2, -0.15) is 4.39 Å². The lowest BCUT2D eigenvalue weighted by atomic mass is 10.2. The predicted molar refractivity (Wildman–Crippen MR) is 53.3 cm³/mol. The molecule has 10 heteroatoms. The number of nitro groups is 1. The molecule has 98 valence electrons. The molecule has 0 amide bonds. The summed E-state index contributed by atoms with van der Waals surface area (Å²) in [5.41, 5.74) is -1.81. The van der Waals surface area contributed by atoms with Crippen LogP contribution in [0.25, 0.3) is 11.5 Å². The van der Waals surface area contributed by atoms with Gasteiger partial charge in [0.25, 0.3) is 5.89 Å². The van der Waals surface area contributed by atoms with E-state index in [0.29, 0.717) is 12.1 Å². The summed E-state index contributed by atoms with van der Waals surface area (Å²) < 4.78 is 31.4. The first-order valence-electron chi connectivity index (χ1n) is 4.60. The molecule has 0 aliphatic heterocycles. The summed E-state index contributed by atoms with van der Waals surface area (Å²) in [4.78, 5) is 19.9. The van der Waals surface area contributed by atoms with Gasteiger partial charge >= 0.3 is 17.5 Å². The Hall–Kier alpha value is -2.91. The molecule has 2 aromatic rings. The van der Waals surface area contributed by atoms with E-state index in [1.165, 1.54) is 0 Å². The second kappa shape index (κ2) is 4.40. The number of nitrogens with zero attached hydrogens (tertiary/aromatic N) is 3. The summed E-state index contributed by atoms with van der Waals surface area (Å²) in [6.07, 6.45) is 0. The van der Waals surface area contributed by atoms with E-state index < -0.39 is 45.6 Å². The molecule has 0 unspecified atom stereocenters. The number of aromatic nitrogens is 2. The number of aromatic carboxylic acids is 1. The summed E-state index contributed by atoms with van der Waals surface area (Å²) in [6.45, 7) is 0. The van der Waals surface area contributed by atoms with Gasteiger partial charge in [-0.05, 0) is 6.07 Å². The highest BCUT2D eigenvalue weighted by atomic mass is 19.1. The lowest BCUT2D eigenvalue weighted by molar-refractivity contribution is -0.387. The zero-order valence-electron chi connectivity index (χ0n) is 8.83. The van der Waals surface area contributed by atoms with E-state index in [0.717, 1.165) is 0 Å². The van der Waals surface area contributed by atoms with Crippen LogP contribution >= 0.6 is 0 Å². The van der Waals surface area contributed by atoms with Gasteiger partial charge in [-0.1, -0.05) is 0 Å². The van der Waals surface area contributed by atoms with Gasteiger partial charge in [0.1, 0.15) is 5.82 Å². The summed E-state index contributed by atoms with van der Waals surface area (Å²) in [5, 5.41) is 25.3. The molecule has 1 N–H and O–H groups in total. The standard InChI is InChI=1S/C9H3F2N3O5/c10-3-1-4(6(11)5(2-3)14(17)18)7-12-13-8(19-7)9(15)16/h1-2H,(H,15,16). The van der Waals surface area contributed by atoms with Crippen molar-refractivity contribution in [2.45, 2.75) is 0 Å². The Morgan fingerprint density at radius 2 is 2.05 bits per heavy atom. The molecule has 0 radical (unpaired) electrons. The number of halogens is 2. The number of carboxylic acid groups (broad SMARTS) is 1. The van der Waals surface area contributed by atoms with Gasteiger partial charge < -0.3 is 9.52 Å². The van der Waals surface area contributed by atoms with Crippen LogP contribution in [0, 0.1) is 21.7 Å². The SMILES string of the molecule is O=C(O)c1nnc(-c2cc(F)cc([N+](=O)[O-])c2F)o1. The molecule has 0 bridgehead atoms. The van der Waals surface area contributed by atoms with Crippen molar-refractivity contribution in [1.29, 1.82) is 0 Å². The second-order valence-corrected chi connectivity index (χ2v) is 3.26. The van der Waals surface area contributed by atoms with E-state index in [-0.39, 0.29) is 0 Å². The summed E-state index contributed by atoms with van der Waals surface area (Å²) in [5.74, 6) is -5.57. The first kappa shape index (κ1) is 12.5. The van der Waals surface area contributed by atoms with Crippen molar-refractivity contribution in [2.75, 3.05) is 0 Å². The predicted octanol–water partition coefficient (Wildman–Crippen LogP) is 1.62. The van der Waals surface area contributed by atoms with Gasteiger partial charge in [0.2, 0.25) is 5.82 Å². The molecule has 0 fully saturated rings. The zero-order chi connectivity index (χ0) is 14.2. The highest BCUT2D eigenvalue weighted by Gasteiger charge is 2.25. The van der Waals surface area contributed by atoms with Crippen molar-refractivity contribution in [3.63, 3.8) is 0 Å². The number of hydrogen-bond donors (Lipinski definition) is 1. The Labute approximate surface area is 102 Å². The Balaban J connectivity index is 2.61. The van der Waals surface area contributed by atoms with Crippen LogP contribution in [0.15, 0.2) is 16.5 Å². The maximum Gasteiger partial charge on any atom is 0.393 e. The number of rotatable bonds is 3. The third-order valence-corrected chi connectivity index (χ3v) is 2.05. The van der Waals surface area contributed by atoms with Crippen LogP contribution in [0.4, 0.5) is 14.5 Å².